The van der Waals surface area contributed by atoms with Gasteiger partial charge in [0.05, 0.1) is 11.6 Å². The molecule has 2 heteroatoms. The van der Waals surface area contributed by atoms with Gasteiger partial charge in [-0.05, 0) is 23.8 Å². The van der Waals surface area contributed by atoms with Crippen LogP contribution in [-0.4, -0.2) is 5.78 Å². The number of ketones is 1. The third-order valence-corrected chi connectivity index (χ3v) is 1.85. The molecule has 0 radical (unpaired) electrons. The van der Waals surface area contributed by atoms with Gasteiger partial charge in [0.15, 0.2) is 5.78 Å². The Labute approximate surface area is 83.5 Å². The Morgan fingerprint density at radius 3 is 2.57 bits per heavy atom. The summed E-state index contributed by atoms with van der Waals surface area (Å²) >= 11 is 0. The number of nitrogens with zero attached hydrogens (tertiary/aromatic N) is 1. The van der Waals surface area contributed by atoms with Crippen LogP contribution in [0.2, 0.25) is 0 Å². The van der Waals surface area contributed by atoms with Crippen LogP contribution in [0, 0.1) is 11.3 Å². The highest BCUT2D eigenvalue weighted by Gasteiger charge is 1.91. The molecular weight excluding hydrogens is 174 g/mol. The van der Waals surface area contributed by atoms with Crippen molar-refractivity contribution in [1.29, 1.82) is 5.26 Å². The van der Waals surface area contributed by atoms with Crippen molar-refractivity contribution in [3.8, 4) is 6.07 Å². The van der Waals surface area contributed by atoms with Crippen LogP contribution in [0.15, 0.2) is 30.3 Å². The van der Waals surface area contributed by atoms with Crippen molar-refractivity contribution in [2.45, 2.75) is 13.3 Å². The van der Waals surface area contributed by atoms with E-state index in [4.69, 9.17) is 5.26 Å². The zero-order chi connectivity index (χ0) is 10.4. The second-order valence-electron chi connectivity index (χ2n) is 2.89. The molecule has 0 aliphatic rings. The Hall–Kier alpha value is -1.88. The molecule has 0 spiro atoms. The lowest BCUT2D eigenvalue weighted by atomic mass is 10.1. The fraction of sp³-hybridized carbons (Fsp3) is 0.167. The normalized spacial score (nSPS) is 10.0. The van der Waals surface area contributed by atoms with Crippen molar-refractivity contribution in [1.82, 2.24) is 0 Å². The quantitative estimate of drug-likeness (QED) is 0.679. The molecular formula is C12H11NO. The van der Waals surface area contributed by atoms with Crippen LogP contribution in [0.3, 0.4) is 0 Å². The SMILES string of the molecule is CCC(=O)C=Cc1ccc(C#N)cc1. The fourth-order valence-electron chi connectivity index (χ4n) is 0.976. The molecule has 0 N–H and O–H groups in total. The second-order valence-corrected chi connectivity index (χ2v) is 2.89. The number of hydrogen-bond acceptors (Lipinski definition) is 2. The molecule has 0 aromatic heterocycles. The van der Waals surface area contributed by atoms with Gasteiger partial charge in [-0.2, -0.15) is 5.26 Å². The highest BCUT2D eigenvalue weighted by Crippen LogP contribution is 2.05. The summed E-state index contributed by atoms with van der Waals surface area (Å²) in [5, 5.41) is 8.56. The molecule has 14 heavy (non-hydrogen) atoms. The molecule has 0 bridgehead atoms. The van der Waals surface area contributed by atoms with E-state index >= 15 is 0 Å². The first-order chi connectivity index (χ1) is 6.76. The van der Waals surface area contributed by atoms with E-state index in [9.17, 15) is 4.79 Å². The molecule has 0 fully saturated rings. The van der Waals surface area contributed by atoms with Gasteiger partial charge in [0, 0.05) is 6.42 Å². The van der Waals surface area contributed by atoms with E-state index in [1.807, 2.05) is 25.1 Å². The Balaban J connectivity index is 2.74. The molecule has 2 nitrogen and oxygen atoms in total. The average molecular weight is 185 g/mol. The molecule has 0 heterocycles. The van der Waals surface area contributed by atoms with Crippen molar-refractivity contribution in [2.24, 2.45) is 0 Å². The van der Waals surface area contributed by atoms with Crippen molar-refractivity contribution >= 4 is 11.9 Å². The maximum Gasteiger partial charge on any atom is 0.155 e. The third kappa shape index (κ3) is 2.87. The minimum absolute atomic E-state index is 0.106. The first-order valence-electron chi connectivity index (χ1n) is 4.47. The number of nitriles is 1. The molecule has 0 saturated carbocycles. The van der Waals surface area contributed by atoms with Gasteiger partial charge in [-0.3, -0.25) is 4.79 Å². The lowest BCUT2D eigenvalue weighted by Crippen LogP contribution is -1.86. The zero-order valence-electron chi connectivity index (χ0n) is 8.03. The number of benzene rings is 1. The first-order valence-corrected chi connectivity index (χ1v) is 4.47. The lowest BCUT2D eigenvalue weighted by Gasteiger charge is -1.92. The summed E-state index contributed by atoms with van der Waals surface area (Å²) in [5.41, 5.74) is 1.56. The van der Waals surface area contributed by atoms with E-state index in [1.54, 1.807) is 24.3 Å². The Bertz CT molecular complexity index is 382. The third-order valence-electron chi connectivity index (χ3n) is 1.85. The minimum atomic E-state index is 0.106. The summed E-state index contributed by atoms with van der Waals surface area (Å²) in [5.74, 6) is 0.106. The predicted octanol–water partition coefficient (Wildman–Crippen LogP) is 2.55. The van der Waals surface area contributed by atoms with Crippen LogP contribution in [0.25, 0.3) is 6.08 Å². The maximum absolute atomic E-state index is 11.0. The van der Waals surface area contributed by atoms with E-state index in [-0.39, 0.29) is 5.78 Å². The van der Waals surface area contributed by atoms with E-state index in [2.05, 4.69) is 0 Å². The van der Waals surface area contributed by atoms with E-state index < -0.39 is 0 Å². The average Bonchev–Trinajstić information content (AvgIpc) is 2.26. The van der Waals surface area contributed by atoms with Crippen LogP contribution in [-0.2, 0) is 4.79 Å². The predicted molar refractivity (Wildman–Crippen MR) is 55.5 cm³/mol. The summed E-state index contributed by atoms with van der Waals surface area (Å²) in [6.07, 6.45) is 3.83. The number of allylic oxidation sites excluding steroid dienone is 1. The van der Waals surface area contributed by atoms with E-state index in [1.165, 1.54) is 0 Å². The van der Waals surface area contributed by atoms with Crippen LogP contribution in [0.5, 0.6) is 0 Å². The van der Waals surface area contributed by atoms with Gasteiger partial charge in [-0.25, -0.2) is 0 Å². The highest BCUT2D eigenvalue weighted by molar-refractivity contribution is 5.93. The molecule has 1 aromatic carbocycles. The van der Waals surface area contributed by atoms with Gasteiger partial charge < -0.3 is 0 Å². The Morgan fingerprint density at radius 1 is 1.43 bits per heavy atom. The van der Waals surface area contributed by atoms with Crippen LogP contribution in [0.4, 0.5) is 0 Å². The monoisotopic (exact) mass is 185 g/mol. The summed E-state index contributed by atoms with van der Waals surface area (Å²) in [7, 11) is 0. The smallest absolute Gasteiger partial charge is 0.155 e. The highest BCUT2D eigenvalue weighted by atomic mass is 16.1. The van der Waals surface area contributed by atoms with Crippen LogP contribution >= 0.6 is 0 Å². The Morgan fingerprint density at radius 2 is 2.07 bits per heavy atom. The van der Waals surface area contributed by atoms with Gasteiger partial charge in [-0.15, -0.1) is 0 Å². The molecule has 1 rings (SSSR count). The summed E-state index contributed by atoms with van der Waals surface area (Å²) in [6.45, 7) is 1.82. The second kappa shape index (κ2) is 4.98. The molecule has 0 unspecified atom stereocenters. The molecule has 0 amide bonds. The van der Waals surface area contributed by atoms with E-state index in [0.717, 1.165) is 5.56 Å². The summed E-state index contributed by atoms with van der Waals surface area (Å²) in [6, 6.07) is 9.14. The van der Waals surface area contributed by atoms with Crippen molar-refractivity contribution in [3.05, 3.63) is 41.5 Å². The van der Waals surface area contributed by atoms with E-state index in [0.29, 0.717) is 12.0 Å². The molecule has 0 aliphatic heterocycles. The van der Waals surface area contributed by atoms with Gasteiger partial charge in [0.25, 0.3) is 0 Å². The number of hydrogen-bond donors (Lipinski definition) is 0. The molecule has 0 aliphatic carbocycles. The summed E-state index contributed by atoms with van der Waals surface area (Å²) in [4.78, 5) is 11.0. The maximum atomic E-state index is 11.0. The number of carbonyl (C=O) groups is 1. The zero-order valence-corrected chi connectivity index (χ0v) is 8.03. The van der Waals surface area contributed by atoms with Crippen LogP contribution in [0.1, 0.15) is 24.5 Å². The molecule has 1 aromatic rings. The Kier molecular flexibility index (Phi) is 3.63. The van der Waals surface area contributed by atoms with Gasteiger partial charge in [0.2, 0.25) is 0 Å². The standard InChI is InChI=1S/C12H11NO/c1-2-12(14)8-7-10-3-5-11(9-13)6-4-10/h3-8H,2H2,1H3. The molecule has 70 valence electrons. The minimum Gasteiger partial charge on any atom is -0.295 e. The van der Waals surface area contributed by atoms with Gasteiger partial charge >= 0.3 is 0 Å². The first kappa shape index (κ1) is 10.2. The number of carbonyl (C=O) groups excluding carboxylic acids is 1. The van der Waals surface area contributed by atoms with Crippen molar-refractivity contribution in [2.75, 3.05) is 0 Å². The lowest BCUT2D eigenvalue weighted by molar-refractivity contribution is -0.114. The van der Waals surface area contributed by atoms with Crippen molar-refractivity contribution in [3.63, 3.8) is 0 Å². The fourth-order valence-corrected chi connectivity index (χ4v) is 0.976. The van der Waals surface area contributed by atoms with Gasteiger partial charge in [-0.1, -0.05) is 25.1 Å². The molecule has 0 saturated heterocycles. The van der Waals surface area contributed by atoms with Crippen molar-refractivity contribution < 1.29 is 4.79 Å². The van der Waals surface area contributed by atoms with Gasteiger partial charge in [0.1, 0.15) is 0 Å². The topological polar surface area (TPSA) is 40.9 Å². The molecule has 0 atom stereocenters. The summed E-state index contributed by atoms with van der Waals surface area (Å²) < 4.78 is 0. The van der Waals surface area contributed by atoms with Crippen LogP contribution < -0.4 is 0 Å². The number of rotatable bonds is 3. The largest absolute Gasteiger partial charge is 0.295 e.